The molecule has 1 amide bonds. The van der Waals surface area contributed by atoms with Gasteiger partial charge in [-0.1, -0.05) is 12.1 Å². The lowest BCUT2D eigenvalue weighted by atomic mass is 10.1. The monoisotopic (exact) mass is 553 g/mol. The van der Waals surface area contributed by atoms with E-state index in [2.05, 4.69) is 26.5 Å². The molecule has 0 bridgehead atoms. The number of carboxylic acids is 1. The highest BCUT2D eigenvalue weighted by Crippen LogP contribution is 2.29. The predicted octanol–water partition coefficient (Wildman–Crippen LogP) is 5.61. The van der Waals surface area contributed by atoms with Gasteiger partial charge in [0.05, 0.1) is 26.1 Å². The predicted molar refractivity (Wildman–Crippen MR) is 135 cm³/mol. The lowest BCUT2D eigenvalue weighted by Crippen LogP contribution is -2.16. The minimum Gasteiger partial charge on any atom is -0.488 e. The van der Waals surface area contributed by atoms with Gasteiger partial charge < -0.3 is 9.84 Å². The molecule has 2 N–H and O–H groups in total. The fourth-order valence-corrected chi connectivity index (χ4v) is 4.54. The molecule has 9 nitrogen and oxygen atoms in total. The number of nitrogens with zero attached hydrogens (tertiary/aromatic N) is 2. The Bertz CT molecular complexity index is 1470. The summed E-state index contributed by atoms with van der Waals surface area (Å²) in [4.78, 5) is 34.2. The molecule has 0 saturated heterocycles. The van der Waals surface area contributed by atoms with Crippen LogP contribution in [0.15, 0.2) is 76.3 Å². The van der Waals surface area contributed by atoms with Crippen LogP contribution < -0.4 is 10.2 Å². The number of non-ortho nitro benzene ring substituents is 1. The van der Waals surface area contributed by atoms with Gasteiger partial charge >= 0.3 is 5.97 Å². The van der Waals surface area contributed by atoms with Gasteiger partial charge in [0.2, 0.25) is 0 Å². The third kappa shape index (κ3) is 5.89. The number of fused-ring (bicyclic) bond motifs is 1. The Kier molecular flexibility index (Phi) is 7.18. The van der Waals surface area contributed by atoms with Crippen molar-refractivity contribution in [3.63, 3.8) is 0 Å². The van der Waals surface area contributed by atoms with E-state index < -0.39 is 16.8 Å². The summed E-state index contributed by atoms with van der Waals surface area (Å²) in [7, 11) is 0. The Balaban J connectivity index is 1.35. The van der Waals surface area contributed by atoms with E-state index in [1.54, 1.807) is 42.5 Å². The van der Waals surface area contributed by atoms with Gasteiger partial charge in [0, 0.05) is 22.2 Å². The summed E-state index contributed by atoms with van der Waals surface area (Å²) in [5.41, 5.74) is 4.17. The van der Waals surface area contributed by atoms with Gasteiger partial charge in [-0.25, -0.2) is 10.2 Å². The highest BCUT2D eigenvalue weighted by molar-refractivity contribution is 9.10. The van der Waals surface area contributed by atoms with Crippen molar-refractivity contribution in [1.82, 2.24) is 5.43 Å². The van der Waals surface area contributed by atoms with Crippen molar-refractivity contribution in [2.45, 2.75) is 6.61 Å². The molecule has 35 heavy (non-hydrogen) atoms. The average Bonchev–Trinajstić information content (AvgIpc) is 3.27. The number of nitro benzene ring substituents is 1. The number of rotatable bonds is 8. The van der Waals surface area contributed by atoms with E-state index in [1.165, 1.54) is 41.8 Å². The number of halogens is 1. The Hall–Kier alpha value is -4.09. The number of hydrogen-bond acceptors (Lipinski definition) is 7. The zero-order valence-electron chi connectivity index (χ0n) is 17.8. The van der Waals surface area contributed by atoms with Crippen LogP contribution in [0.2, 0.25) is 0 Å². The van der Waals surface area contributed by atoms with Gasteiger partial charge in [0.25, 0.3) is 11.6 Å². The van der Waals surface area contributed by atoms with E-state index >= 15 is 0 Å². The molecule has 0 aliphatic rings. The summed E-state index contributed by atoms with van der Waals surface area (Å²) < 4.78 is 7.23. The average molecular weight is 554 g/mol. The molecule has 0 saturated carbocycles. The topological polar surface area (TPSA) is 131 Å². The maximum absolute atomic E-state index is 12.4. The highest BCUT2D eigenvalue weighted by Gasteiger charge is 2.13. The van der Waals surface area contributed by atoms with E-state index in [9.17, 15) is 19.7 Å². The van der Waals surface area contributed by atoms with Gasteiger partial charge in [-0.15, -0.1) is 11.3 Å². The second-order valence-electron chi connectivity index (χ2n) is 7.27. The van der Waals surface area contributed by atoms with Crippen LogP contribution in [0, 0.1) is 10.1 Å². The minimum atomic E-state index is -0.983. The largest absolute Gasteiger partial charge is 0.488 e. The summed E-state index contributed by atoms with van der Waals surface area (Å²) in [6.07, 6.45) is 1.48. The van der Waals surface area contributed by atoms with E-state index in [1.807, 2.05) is 0 Å². The van der Waals surface area contributed by atoms with Crippen LogP contribution in [-0.4, -0.2) is 28.1 Å². The molecule has 0 spiro atoms. The smallest absolute Gasteiger partial charge is 0.335 e. The fourth-order valence-electron chi connectivity index (χ4n) is 3.10. The zero-order chi connectivity index (χ0) is 24.9. The molecule has 1 aromatic heterocycles. The van der Waals surface area contributed by atoms with Crippen LogP contribution in [0.3, 0.4) is 0 Å². The van der Waals surface area contributed by atoms with Crippen molar-refractivity contribution in [3.05, 3.63) is 103 Å². The number of thiophene rings is 1. The number of hydrogen-bond donors (Lipinski definition) is 2. The first-order valence-corrected chi connectivity index (χ1v) is 11.7. The van der Waals surface area contributed by atoms with Crippen LogP contribution in [0.5, 0.6) is 5.75 Å². The molecule has 4 rings (SSSR count). The molecule has 1 heterocycles. The number of benzene rings is 3. The van der Waals surface area contributed by atoms with Crippen molar-refractivity contribution in [2.24, 2.45) is 5.10 Å². The minimum absolute atomic E-state index is 0.0330. The third-order valence-corrected chi connectivity index (χ3v) is 6.60. The van der Waals surface area contributed by atoms with Crippen molar-refractivity contribution < 1.29 is 24.4 Å². The van der Waals surface area contributed by atoms with E-state index in [4.69, 9.17) is 9.84 Å². The molecule has 0 aliphatic heterocycles. The van der Waals surface area contributed by atoms with Gasteiger partial charge in [0.15, 0.2) is 0 Å². The van der Waals surface area contributed by atoms with Crippen LogP contribution >= 0.6 is 27.3 Å². The second-order valence-corrected chi connectivity index (χ2v) is 9.21. The lowest BCUT2D eigenvalue weighted by Gasteiger charge is -2.09. The number of carboxylic acid groups (broad SMARTS) is 1. The van der Waals surface area contributed by atoms with Crippen LogP contribution in [-0.2, 0) is 6.61 Å². The number of amides is 1. The molecule has 4 aromatic rings. The van der Waals surface area contributed by atoms with Crippen molar-refractivity contribution in [3.8, 4) is 5.75 Å². The summed E-state index contributed by atoms with van der Waals surface area (Å²) >= 11 is 4.67. The van der Waals surface area contributed by atoms with E-state index in [0.29, 0.717) is 26.0 Å². The number of ether oxygens (including phenoxy) is 1. The van der Waals surface area contributed by atoms with Crippen molar-refractivity contribution >= 4 is 61.1 Å². The molecule has 0 fully saturated rings. The molecular formula is C24H16BrN3O6S. The Morgan fingerprint density at radius 2 is 1.89 bits per heavy atom. The zero-order valence-corrected chi connectivity index (χ0v) is 20.2. The molecule has 11 heteroatoms. The van der Waals surface area contributed by atoms with Gasteiger partial charge in [0.1, 0.15) is 12.4 Å². The molecule has 176 valence electrons. The Labute approximate surface area is 210 Å². The normalized spacial score (nSPS) is 11.0. The maximum Gasteiger partial charge on any atom is 0.335 e. The van der Waals surface area contributed by atoms with Gasteiger partial charge in [-0.3, -0.25) is 14.9 Å². The van der Waals surface area contributed by atoms with E-state index in [-0.39, 0.29) is 17.9 Å². The number of nitro groups is 1. The molecule has 0 unspecified atom stereocenters. The molecule has 0 atom stereocenters. The number of hydrazone groups is 1. The Morgan fingerprint density at radius 1 is 1.11 bits per heavy atom. The van der Waals surface area contributed by atoms with Crippen molar-refractivity contribution in [1.29, 1.82) is 0 Å². The fraction of sp³-hybridized carbons (Fsp3) is 0.0417. The highest BCUT2D eigenvalue weighted by atomic mass is 79.9. The maximum atomic E-state index is 12.4. The SMILES string of the molecule is O=C(O)c1ccc(COc2ccc(/C=N\NC(=O)c3cc4cc([N+](=O)[O-])ccc4s3)cc2Br)cc1. The first-order valence-electron chi connectivity index (χ1n) is 10.1. The number of nitrogens with one attached hydrogen (secondary N) is 1. The molecule has 0 radical (unpaired) electrons. The van der Waals surface area contributed by atoms with Crippen LogP contribution in [0.4, 0.5) is 5.69 Å². The first kappa shape index (κ1) is 24.0. The summed E-state index contributed by atoms with van der Waals surface area (Å²) in [6.45, 7) is 0.264. The van der Waals surface area contributed by atoms with Gasteiger partial charge in [-0.2, -0.15) is 5.10 Å². The summed E-state index contributed by atoms with van der Waals surface area (Å²) in [6, 6.07) is 17.8. The molecular weight excluding hydrogens is 538 g/mol. The standard InChI is InChI=1S/C24H16BrN3O6S/c25-19-9-15(3-7-20(19)34-13-14-1-4-16(5-2-14)24(30)31)12-26-27-23(29)22-11-17-10-18(28(32)33)6-8-21(17)35-22/h1-12H,13H2,(H,27,29)(H,30,31)/b26-12-. The van der Waals surface area contributed by atoms with Crippen LogP contribution in [0.1, 0.15) is 31.2 Å². The Morgan fingerprint density at radius 3 is 2.57 bits per heavy atom. The second kappa shape index (κ2) is 10.5. The number of carbonyl (C=O) groups is 2. The third-order valence-electron chi connectivity index (χ3n) is 4.87. The van der Waals surface area contributed by atoms with Crippen molar-refractivity contribution in [2.75, 3.05) is 0 Å². The van der Waals surface area contributed by atoms with Crippen LogP contribution in [0.25, 0.3) is 10.1 Å². The first-order chi connectivity index (χ1) is 16.8. The molecule has 3 aromatic carbocycles. The number of carbonyl (C=O) groups excluding carboxylic acids is 1. The summed E-state index contributed by atoms with van der Waals surface area (Å²) in [5.74, 6) is -0.811. The molecule has 0 aliphatic carbocycles. The number of aromatic carboxylic acids is 1. The van der Waals surface area contributed by atoms with Gasteiger partial charge in [-0.05, 0) is 69.5 Å². The van der Waals surface area contributed by atoms with E-state index in [0.717, 1.165) is 10.3 Å². The quantitative estimate of drug-likeness (QED) is 0.165. The summed E-state index contributed by atoms with van der Waals surface area (Å²) in [5, 5.41) is 24.5. The lowest BCUT2D eigenvalue weighted by molar-refractivity contribution is -0.384.